The molecule has 0 amide bonds. The van der Waals surface area contributed by atoms with Crippen LogP contribution in [0.1, 0.15) is 1.43 Å². The van der Waals surface area contributed by atoms with E-state index in [9.17, 15) is 0 Å². The molecule has 0 heterocycles. The van der Waals surface area contributed by atoms with Crippen molar-refractivity contribution in [2.45, 2.75) is 0 Å². The summed E-state index contributed by atoms with van der Waals surface area (Å²) >= 11 is 0. The summed E-state index contributed by atoms with van der Waals surface area (Å²) in [7, 11) is 0. The molecule has 2 nitrogen and oxygen atoms in total. The molecule has 0 aromatic heterocycles. The molecule has 0 aliphatic carbocycles. The van der Waals surface area contributed by atoms with Crippen LogP contribution in [0.2, 0.25) is 0 Å². The molecule has 0 atom stereocenters. The van der Waals surface area contributed by atoms with Gasteiger partial charge >= 0.3 is 59.1 Å². The minimum Gasteiger partial charge on any atom is -1.00 e. The summed E-state index contributed by atoms with van der Waals surface area (Å²) in [6, 6.07) is 0. The first kappa shape index (κ1) is 38.9. The van der Waals surface area contributed by atoms with E-state index in [-0.39, 0.29) is 71.5 Å². The third kappa shape index (κ3) is 9.07. The van der Waals surface area contributed by atoms with Gasteiger partial charge < -0.3 is 12.4 Å². The Hall–Kier alpha value is 1.92. The van der Waals surface area contributed by atoms with Gasteiger partial charge in [-0.25, -0.2) is 0 Å². The van der Waals surface area contributed by atoms with Crippen LogP contribution in [0.15, 0.2) is 0 Å². The molecule has 4 heteroatoms. The zero-order valence-electron chi connectivity index (χ0n) is 4.00. The van der Waals surface area contributed by atoms with E-state index in [1.165, 1.54) is 0 Å². The van der Waals surface area contributed by atoms with Crippen molar-refractivity contribution in [3.63, 3.8) is 0 Å². The predicted octanol–water partition coefficient (Wildman–Crippen LogP) is -7.53. The van der Waals surface area contributed by atoms with Crippen molar-refractivity contribution in [3.8, 4) is 0 Å². The van der Waals surface area contributed by atoms with Gasteiger partial charge in [0.15, 0.2) is 0 Å². The van der Waals surface area contributed by atoms with Crippen LogP contribution < -0.4 is 59.1 Å². The standard InChI is InChI=1S/2Na.2H2O.H/h;;2*1H2;/q2*+1;;;-1. The Morgan fingerprint density at radius 3 is 0.750 bits per heavy atom. The van der Waals surface area contributed by atoms with Crippen molar-refractivity contribution in [2.24, 2.45) is 0 Å². The zero-order valence-corrected chi connectivity index (χ0v) is 7.00. The van der Waals surface area contributed by atoms with Gasteiger partial charge in [0.2, 0.25) is 0 Å². The Labute approximate surface area is 70.6 Å². The average Bonchev–Trinajstić information content (AvgIpc) is 0. The summed E-state index contributed by atoms with van der Waals surface area (Å²) in [6.07, 6.45) is 0. The second-order valence-corrected chi connectivity index (χ2v) is 0. The molecule has 0 aromatic rings. The molecule has 0 spiro atoms. The first-order chi connectivity index (χ1) is 0. The molecule has 0 fully saturated rings. The van der Waals surface area contributed by atoms with E-state index < -0.39 is 0 Å². The largest absolute Gasteiger partial charge is 1.00 e. The summed E-state index contributed by atoms with van der Waals surface area (Å²) in [5.74, 6) is 0. The number of rotatable bonds is 0. The van der Waals surface area contributed by atoms with E-state index in [0.29, 0.717) is 0 Å². The van der Waals surface area contributed by atoms with Gasteiger partial charge in [0.25, 0.3) is 0 Å². The second kappa shape index (κ2) is 20.5. The van der Waals surface area contributed by atoms with Crippen molar-refractivity contribution in [1.29, 1.82) is 0 Å². The molecule has 0 radical (unpaired) electrons. The summed E-state index contributed by atoms with van der Waals surface area (Å²) in [5, 5.41) is 0. The van der Waals surface area contributed by atoms with Crippen molar-refractivity contribution >= 4 is 0 Å². The molecule has 0 aliphatic heterocycles. The monoisotopic (exact) mass is 83.0 g/mol. The summed E-state index contributed by atoms with van der Waals surface area (Å²) < 4.78 is 0. The molecular formula is H5Na2O2+. The summed E-state index contributed by atoms with van der Waals surface area (Å²) in [6.45, 7) is 0. The maximum atomic E-state index is 0. The molecule has 18 valence electrons. The van der Waals surface area contributed by atoms with Crippen LogP contribution in [0.25, 0.3) is 0 Å². The fraction of sp³-hybridized carbons (Fsp3) is 0. The zero-order chi connectivity index (χ0) is 0. The Morgan fingerprint density at radius 1 is 0.750 bits per heavy atom. The normalized spacial score (nSPS) is 0. The van der Waals surface area contributed by atoms with E-state index in [4.69, 9.17) is 0 Å². The van der Waals surface area contributed by atoms with Crippen LogP contribution >= 0.6 is 0 Å². The van der Waals surface area contributed by atoms with Crippen molar-refractivity contribution in [3.05, 3.63) is 0 Å². The molecule has 0 unspecified atom stereocenters. The van der Waals surface area contributed by atoms with Gasteiger partial charge in [0, 0.05) is 0 Å². The smallest absolute Gasteiger partial charge is 1.00 e. The van der Waals surface area contributed by atoms with Gasteiger partial charge in [-0.2, -0.15) is 0 Å². The van der Waals surface area contributed by atoms with E-state index in [0.717, 1.165) is 0 Å². The Morgan fingerprint density at radius 2 is 0.750 bits per heavy atom. The van der Waals surface area contributed by atoms with Gasteiger partial charge in [-0.3, -0.25) is 0 Å². The van der Waals surface area contributed by atoms with E-state index >= 15 is 0 Å². The first-order valence-electron chi connectivity index (χ1n) is 0. The number of hydrogen-bond acceptors (Lipinski definition) is 0. The fourth-order valence-electron chi connectivity index (χ4n) is 0. The summed E-state index contributed by atoms with van der Waals surface area (Å²) in [4.78, 5) is 0. The van der Waals surface area contributed by atoms with Gasteiger partial charge in [0.05, 0.1) is 0 Å². The fourth-order valence-corrected chi connectivity index (χ4v) is 0. The molecule has 4 heavy (non-hydrogen) atoms. The minimum atomic E-state index is 0. The molecular weight excluding hydrogens is 78.0 g/mol. The maximum Gasteiger partial charge on any atom is 1.00 e. The van der Waals surface area contributed by atoms with Crippen LogP contribution in [0, 0.1) is 0 Å². The van der Waals surface area contributed by atoms with Gasteiger partial charge in [-0.05, 0) is 0 Å². The maximum absolute atomic E-state index is 0. The van der Waals surface area contributed by atoms with Crippen LogP contribution in [-0.4, -0.2) is 11.0 Å². The van der Waals surface area contributed by atoms with Crippen molar-refractivity contribution < 1.29 is 71.5 Å². The molecule has 0 rings (SSSR count). The van der Waals surface area contributed by atoms with E-state index in [2.05, 4.69) is 0 Å². The van der Waals surface area contributed by atoms with Crippen LogP contribution in [0.3, 0.4) is 0 Å². The summed E-state index contributed by atoms with van der Waals surface area (Å²) in [5.41, 5.74) is 0. The van der Waals surface area contributed by atoms with E-state index in [1.54, 1.807) is 0 Å². The molecule has 0 saturated carbocycles. The Kier molecular flexibility index (Phi) is 199. The average molecular weight is 83.0 g/mol. The number of hydrogen-bond donors (Lipinski definition) is 0. The third-order valence-electron chi connectivity index (χ3n) is 0. The van der Waals surface area contributed by atoms with Crippen LogP contribution in [0.5, 0.6) is 0 Å². The van der Waals surface area contributed by atoms with Crippen LogP contribution in [-0.2, 0) is 0 Å². The van der Waals surface area contributed by atoms with Crippen molar-refractivity contribution in [2.75, 3.05) is 0 Å². The molecule has 0 aromatic carbocycles. The van der Waals surface area contributed by atoms with Crippen LogP contribution in [0.4, 0.5) is 0 Å². The van der Waals surface area contributed by atoms with Crippen molar-refractivity contribution in [1.82, 2.24) is 0 Å². The molecule has 0 saturated heterocycles. The third-order valence-corrected chi connectivity index (χ3v) is 0. The first-order valence-corrected chi connectivity index (χ1v) is 0. The topological polar surface area (TPSA) is 63.0 Å². The predicted molar refractivity (Wildman–Crippen MR) is 8.34 cm³/mol. The van der Waals surface area contributed by atoms with E-state index in [1.807, 2.05) is 0 Å². The minimum absolute atomic E-state index is 0. The Balaban J connectivity index is 0. The molecule has 0 aliphatic rings. The Bertz CT molecular complexity index is 7.61. The SMILES string of the molecule is O.O.[H-].[Na+].[Na+]. The molecule has 4 N–H and O–H groups in total. The quantitative estimate of drug-likeness (QED) is 0.261. The second-order valence-electron chi connectivity index (χ2n) is 0. The van der Waals surface area contributed by atoms with Gasteiger partial charge in [-0.1, -0.05) is 0 Å². The molecule has 0 bridgehead atoms. The van der Waals surface area contributed by atoms with Gasteiger partial charge in [-0.15, -0.1) is 0 Å². The van der Waals surface area contributed by atoms with Gasteiger partial charge in [0.1, 0.15) is 0 Å².